The summed E-state index contributed by atoms with van der Waals surface area (Å²) in [6.45, 7) is 9.64. The van der Waals surface area contributed by atoms with E-state index in [1.54, 1.807) is 20.8 Å². The first-order valence-electron chi connectivity index (χ1n) is 12.8. The number of rotatable bonds is 12. The number of methoxy groups -OCH3 is 1. The second-order valence-corrected chi connectivity index (χ2v) is 12.1. The highest BCUT2D eigenvalue weighted by atomic mass is 35.5. The van der Waals surface area contributed by atoms with Gasteiger partial charge in [-0.25, -0.2) is 9.55 Å². The highest BCUT2D eigenvalue weighted by Crippen LogP contribution is 2.48. The van der Waals surface area contributed by atoms with Crippen LogP contribution in [0, 0.1) is 0 Å². The molecule has 1 fully saturated rings. The Bertz CT molecular complexity index is 1490. The molecule has 1 aliphatic rings. The van der Waals surface area contributed by atoms with Crippen molar-refractivity contribution in [1.82, 2.24) is 24.6 Å². The molecule has 3 aromatic rings. The molecule has 17 heteroatoms. The van der Waals surface area contributed by atoms with Crippen molar-refractivity contribution in [2.75, 3.05) is 19.5 Å². The monoisotopic (exact) mass is 625 g/mol. The summed E-state index contributed by atoms with van der Waals surface area (Å²) in [6, 6.07) is 4.96. The van der Waals surface area contributed by atoms with Crippen LogP contribution in [0.5, 0.6) is 11.6 Å². The number of fused-ring (bicyclic) bond motifs is 1. The number of carbonyl (C=O) groups excluding carboxylic acids is 1. The first-order chi connectivity index (χ1) is 19.8. The molecule has 1 unspecified atom stereocenters. The highest BCUT2D eigenvalue weighted by molar-refractivity contribution is 7.52. The van der Waals surface area contributed by atoms with Gasteiger partial charge in [0.25, 0.3) is 0 Å². The molecule has 0 spiro atoms. The maximum atomic E-state index is 13.9. The van der Waals surface area contributed by atoms with Crippen molar-refractivity contribution in [2.45, 2.75) is 63.8 Å². The van der Waals surface area contributed by atoms with Gasteiger partial charge in [0.2, 0.25) is 11.8 Å². The molecule has 6 atom stereocenters. The number of halogens is 1. The van der Waals surface area contributed by atoms with E-state index < -0.39 is 56.4 Å². The number of nitrogens with two attached hydrogens (primary N) is 1. The van der Waals surface area contributed by atoms with Crippen molar-refractivity contribution in [2.24, 2.45) is 4.99 Å². The number of carbonyl (C=O) groups is 1. The minimum absolute atomic E-state index is 0.0655. The minimum Gasteiger partial charge on any atom is -0.479 e. The van der Waals surface area contributed by atoms with Crippen molar-refractivity contribution >= 4 is 49.1 Å². The SMILES string of the molecule is C=N[C@]1(C)[C@H](O)[C@@H](COP(=O)(N[C@@H](C)C(=O)OC(C)C)Oc2ccc(Cl)cc2)O[C@H]1n1cnc2c(OC)nc(N)nc21. The third kappa shape index (κ3) is 6.51. The smallest absolute Gasteiger partial charge is 0.459 e. The lowest BCUT2D eigenvalue weighted by Crippen LogP contribution is -2.43. The zero-order valence-electron chi connectivity index (χ0n) is 23.6. The van der Waals surface area contributed by atoms with Gasteiger partial charge in [-0.1, -0.05) is 11.6 Å². The Hall–Kier alpha value is -3.33. The summed E-state index contributed by atoms with van der Waals surface area (Å²) >= 11 is 5.96. The summed E-state index contributed by atoms with van der Waals surface area (Å²) in [7, 11) is -2.86. The Balaban J connectivity index is 1.60. The van der Waals surface area contributed by atoms with E-state index in [1.807, 2.05) is 0 Å². The molecule has 228 valence electrons. The van der Waals surface area contributed by atoms with E-state index >= 15 is 0 Å². The maximum Gasteiger partial charge on any atom is 0.459 e. The number of aliphatic imine (C=N–C) groups is 1. The molecule has 42 heavy (non-hydrogen) atoms. The normalized spacial score (nSPS) is 24.3. The number of ether oxygens (including phenoxy) is 3. The Kier molecular flexibility index (Phi) is 9.40. The number of nitrogens with one attached hydrogen (secondary N) is 1. The van der Waals surface area contributed by atoms with E-state index in [9.17, 15) is 14.5 Å². The largest absolute Gasteiger partial charge is 0.479 e. The predicted molar refractivity (Wildman–Crippen MR) is 154 cm³/mol. The van der Waals surface area contributed by atoms with Crippen LogP contribution in [0.2, 0.25) is 5.02 Å². The van der Waals surface area contributed by atoms with E-state index in [4.69, 9.17) is 40.6 Å². The summed E-state index contributed by atoms with van der Waals surface area (Å²) in [4.78, 5) is 29.2. The van der Waals surface area contributed by atoms with Gasteiger partial charge in [-0.2, -0.15) is 15.1 Å². The molecule has 15 nitrogen and oxygen atoms in total. The van der Waals surface area contributed by atoms with Crippen molar-refractivity contribution in [3.63, 3.8) is 0 Å². The van der Waals surface area contributed by atoms with Gasteiger partial charge in [0.1, 0.15) is 29.5 Å². The molecule has 1 saturated heterocycles. The van der Waals surface area contributed by atoms with Gasteiger partial charge in [-0.15, -0.1) is 0 Å². The third-order valence-electron chi connectivity index (χ3n) is 6.45. The summed E-state index contributed by atoms with van der Waals surface area (Å²) in [5.74, 6) is -0.430. The Morgan fingerprint density at radius 1 is 1.33 bits per heavy atom. The topological polar surface area (TPSA) is 195 Å². The lowest BCUT2D eigenvalue weighted by molar-refractivity contribution is -0.149. The molecule has 4 rings (SSSR count). The number of benzene rings is 1. The summed E-state index contributed by atoms with van der Waals surface area (Å²) in [5.41, 5.74) is 5.09. The number of nitrogen functional groups attached to an aromatic ring is 1. The van der Waals surface area contributed by atoms with Crippen LogP contribution >= 0.6 is 19.3 Å². The van der Waals surface area contributed by atoms with Gasteiger partial charge in [0, 0.05) is 5.02 Å². The van der Waals surface area contributed by atoms with Crippen LogP contribution in [0.1, 0.15) is 33.9 Å². The van der Waals surface area contributed by atoms with Crippen molar-refractivity contribution in [3.8, 4) is 11.6 Å². The lowest BCUT2D eigenvalue weighted by atomic mass is 9.93. The molecular formula is C25H33ClN7O8P. The Morgan fingerprint density at radius 3 is 2.64 bits per heavy atom. The highest BCUT2D eigenvalue weighted by Gasteiger charge is 2.55. The maximum absolute atomic E-state index is 13.9. The van der Waals surface area contributed by atoms with Gasteiger partial charge in [-0.05, 0) is 58.7 Å². The van der Waals surface area contributed by atoms with E-state index in [2.05, 4.69) is 31.7 Å². The lowest BCUT2D eigenvalue weighted by Gasteiger charge is -2.28. The fourth-order valence-electron chi connectivity index (χ4n) is 4.29. The van der Waals surface area contributed by atoms with Gasteiger partial charge in [0.15, 0.2) is 17.4 Å². The molecule has 0 aliphatic carbocycles. The Labute approximate surface area is 246 Å². The predicted octanol–water partition coefficient (Wildman–Crippen LogP) is 2.92. The summed E-state index contributed by atoms with van der Waals surface area (Å²) in [5, 5.41) is 14.3. The van der Waals surface area contributed by atoms with Crippen LogP contribution in [0.3, 0.4) is 0 Å². The average Bonchev–Trinajstić information content (AvgIpc) is 3.46. The van der Waals surface area contributed by atoms with Crippen LogP contribution in [0.15, 0.2) is 35.6 Å². The van der Waals surface area contributed by atoms with E-state index in [0.717, 1.165) is 0 Å². The second-order valence-electron chi connectivity index (χ2n) is 9.95. The zero-order valence-corrected chi connectivity index (χ0v) is 25.3. The number of aliphatic hydroxyl groups is 1. The van der Waals surface area contributed by atoms with Gasteiger partial charge < -0.3 is 29.6 Å². The van der Waals surface area contributed by atoms with E-state index in [0.29, 0.717) is 10.5 Å². The van der Waals surface area contributed by atoms with Crippen LogP contribution in [-0.4, -0.2) is 80.9 Å². The number of aliphatic hydroxyl groups excluding tert-OH is 1. The van der Waals surface area contributed by atoms with Gasteiger partial charge in [-0.3, -0.25) is 18.9 Å². The first-order valence-corrected chi connectivity index (χ1v) is 14.8. The quantitative estimate of drug-likeness (QED) is 0.151. The molecule has 1 aliphatic heterocycles. The molecule has 2 aromatic heterocycles. The first kappa shape index (κ1) is 31.6. The van der Waals surface area contributed by atoms with Crippen molar-refractivity contribution in [1.29, 1.82) is 0 Å². The van der Waals surface area contributed by atoms with Gasteiger partial charge >= 0.3 is 13.7 Å². The standard InChI is InChI=1S/C25H33ClN7O8P/c1-13(2)39-22(35)14(3)32-42(36,41-16-9-7-15(26)8-10-16)38-11-17-19(34)25(4,28-5)23(40-17)33-12-29-18-20(33)30-24(27)31-21(18)37-6/h7-10,12-14,17,19,23,34H,5,11H2,1-4,6H3,(H,32,36)(H2,27,30,31)/t14-,17+,19+,23+,25+,42?/m0/s1. The van der Waals surface area contributed by atoms with Crippen molar-refractivity contribution < 1.29 is 37.7 Å². The zero-order chi connectivity index (χ0) is 30.8. The fraction of sp³-hybridized carbons (Fsp3) is 0.480. The molecule has 0 saturated carbocycles. The minimum atomic E-state index is -4.28. The van der Waals surface area contributed by atoms with Crippen LogP contribution in [0.25, 0.3) is 11.2 Å². The molecule has 3 heterocycles. The average molecular weight is 626 g/mol. The van der Waals surface area contributed by atoms with Crippen LogP contribution in [-0.2, 0) is 23.4 Å². The number of hydrogen-bond donors (Lipinski definition) is 3. The number of aromatic nitrogens is 4. The van der Waals surface area contributed by atoms with E-state index in [1.165, 1.54) is 49.2 Å². The fourth-order valence-corrected chi connectivity index (χ4v) is 5.92. The number of esters is 1. The summed E-state index contributed by atoms with van der Waals surface area (Å²) in [6.07, 6.45) is -2.37. The number of hydrogen-bond acceptors (Lipinski definition) is 13. The molecule has 0 amide bonds. The van der Waals surface area contributed by atoms with Crippen molar-refractivity contribution in [3.05, 3.63) is 35.6 Å². The molecule has 4 N–H and O–H groups in total. The third-order valence-corrected chi connectivity index (χ3v) is 8.35. The molecule has 1 aromatic carbocycles. The molecule has 0 bridgehead atoms. The van der Waals surface area contributed by atoms with Gasteiger partial charge in [0.05, 0.1) is 26.1 Å². The molecule has 0 radical (unpaired) electrons. The van der Waals surface area contributed by atoms with E-state index in [-0.39, 0.29) is 23.2 Å². The summed E-state index contributed by atoms with van der Waals surface area (Å²) < 4.78 is 43.5. The number of anilines is 1. The Morgan fingerprint density at radius 2 is 2.02 bits per heavy atom. The molecular weight excluding hydrogens is 593 g/mol. The second kappa shape index (κ2) is 12.5. The van der Waals surface area contributed by atoms with Crippen LogP contribution in [0.4, 0.5) is 5.95 Å². The van der Waals surface area contributed by atoms with Crippen LogP contribution < -0.4 is 20.1 Å². The number of imidazole rings is 1. The number of nitrogens with zero attached hydrogens (tertiary/aromatic N) is 5.